The molecule has 2 aromatic carbocycles. The van der Waals surface area contributed by atoms with E-state index in [1.165, 1.54) is 364 Å². The van der Waals surface area contributed by atoms with E-state index in [0.29, 0.717) is 0 Å². The molecule has 0 atom stereocenters. The molecule has 2 aromatic rings. The SMILES string of the molecule is CCCC/C=C/c1cccc(/N=C(CCCCCCCCCCCCCCCCCCCC)/C(/C=C/CCCCCCCCCCCCCCCCCCCCCC)=N/c2cccc(CCCCCCCCCCCCCCCCC)c2)c1.[Ni]. The Morgan fingerprint density at radius 3 is 1.02 bits per heavy atom. The van der Waals surface area contributed by atoms with Crippen LogP contribution in [0, 0.1) is 0 Å². The maximum Gasteiger partial charge on any atom is 0.0848 e. The van der Waals surface area contributed by atoms with E-state index in [1.54, 1.807) is 0 Å². The summed E-state index contributed by atoms with van der Waals surface area (Å²) < 4.78 is 0. The van der Waals surface area contributed by atoms with Crippen LogP contribution in [0.15, 0.2) is 76.7 Å². The first-order chi connectivity index (χ1) is 41.2. The monoisotopic (exact) mass is 1200 g/mol. The zero-order valence-electron chi connectivity index (χ0n) is 56.9. The van der Waals surface area contributed by atoms with Crippen molar-refractivity contribution < 1.29 is 16.5 Å². The normalized spacial score (nSPS) is 12.2. The van der Waals surface area contributed by atoms with Crippen molar-refractivity contribution in [2.24, 2.45) is 9.98 Å². The smallest absolute Gasteiger partial charge is 0.0848 e. The summed E-state index contributed by atoms with van der Waals surface area (Å²) in [7, 11) is 0. The molecule has 84 heavy (non-hydrogen) atoms. The van der Waals surface area contributed by atoms with Gasteiger partial charge in [-0.3, -0.25) is 4.99 Å². The molecule has 0 radical (unpaired) electrons. The predicted octanol–water partition coefficient (Wildman–Crippen LogP) is 29.3. The van der Waals surface area contributed by atoms with Crippen LogP contribution in [-0.4, -0.2) is 11.4 Å². The number of hydrogen-bond donors (Lipinski definition) is 0. The summed E-state index contributed by atoms with van der Waals surface area (Å²) >= 11 is 0. The zero-order valence-corrected chi connectivity index (χ0v) is 57.8. The summed E-state index contributed by atoms with van der Waals surface area (Å²) in [5.74, 6) is 0. The first-order valence-corrected chi connectivity index (χ1v) is 37.9. The average Bonchev–Trinajstić information content (AvgIpc) is 3.59. The molecule has 0 saturated carbocycles. The van der Waals surface area contributed by atoms with Gasteiger partial charge in [0.15, 0.2) is 0 Å². The molecule has 0 aliphatic carbocycles. The Balaban J connectivity index is 0.0000353. The number of benzene rings is 2. The van der Waals surface area contributed by atoms with E-state index in [1.807, 2.05) is 0 Å². The van der Waals surface area contributed by atoms with Gasteiger partial charge in [-0.25, -0.2) is 4.99 Å². The van der Waals surface area contributed by atoms with Crippen LogP contribution in [-0.2, 0) is 22.9 Å². The molecule has 0 bridgehead atoms. The van der Waals surface area contributed by atoms with Crippen molar-refractivity contribution in [2.75, 3.05) is 0 Å². The van der Waals surface area contributed by atoms with Gasteiger partial charge in [-0.05, 0) is 86.4 Å². The second-order valence-corrected chi connectivity index (χ2v) is 26.2. The Morgan fingerprint density at radius 1 is 0.310 bits per heavy atom. The maximum atomic E-state index is 5.54. The minimum atomic E-state index is 0. The van der Waals surface area contributed by atoms with Gasteiger partial charge in [-0.1, -0.05) is 404 Å². The van der Waals surface area contributed by atoms with E-state index in [9.17, 15) is 0 Å². The van der Waals surface area contributed by atoms with Crippen molar-refractivity contribution in [3.05, 3.63) is 77.9 Å². The van der Waals surface area contributed by atoms with Crippen molar-refractivity contribution in [1.82, 2.24) is 0 Å². The fourth-order valence-corrected chi connectivity index (χ4v) is 12.4. The fraction of sp³-hybridized carbons (Fsp3) is 0.778. The summed E-state index contributed by atoms with van der Waals surface area (Å²) in [6.07, 6.45) is 91.1. The molecule has 0 aromatic heterocycles. The average molecular weight is 1200 g/mol. The number of rotatable bonds is 64. The molecule has 0 amide bonds. The van der Waals surface area contributed by atoms with Crippen molar-refractivity contribution >= 4 is 28.9 Å². The van der Waals surface area contributed by atoms with E-state index in [-0.39, 0.29) is 16.5 Å². The largest absolute Gasteiger partial charge is 0.251 e. The first kappa shape index (κ1) is 79.8. The molecule has 0 N–H and O–H groups in total. The zero-order chi connectivity index (χ0) is 59.1. The fourth-order valence-electron chi connectivity index (χ4n) is 12.4. The first-order valence-electron chi connectivity index (χ1n) is 37.9. The Labute approximate surface area is 536 Å². The van der Waals surface area contributed by atoms with Gasteiger partial charge in [0, 0.05) is 16.5 Å². The van der Waals surface area contributed by atoms with E-state index < -0.39 is 0 Å². The Kier molecular flexibility index (Phi) is 61.9. The number of unbranched alkanes of at least 4 members (excludes halogenated alkanes) is 53. The Morgan fingerprint density at radius 2 is 0.631 bits per heavy atom. The van der Waals surface area contributed by atoms with Crippen LogP contribution in [0.25, 0.3) is 6.08 Å². The van der Waals surface area contributed by atoms with Crippen LogP contribution in [0.1, 0.15) is 411 Å². The van der Waals surface area contributed by atoms with E-state index in [0.717, 1.165) is 48.5 Å². The molecule has 0 aliphatic rings. The predicted molar refractivity (Wildman–Crippen MR) is 379 cm³/mol. The van der Waals surface area contributed by atoms with E-state index in [2.05, 4.69) is 101 Å². The number of aryl methyl sites for hydroxylation is 1. The van der Waals surface area contributed by atoms with Crippen LogP contribution in [0.3, 0.4) is 0 Å². The Hall–Kier alpha value is -2.25. The van der Waals surface area contributed by atoms with Gasteiger partial charge in [0.25, 0.3) is 0 Å². The third-order valence-corrected chi connectivity index (χ3v) is 18.0. The van der Waals surface area contributed by atoms with Crippen molar-refractivity contribution in [3.8, 4) is 0 Å². The molecule has 0 aliphatic heterocycles. The van der Waals surface area contributed by atoms with Gasteiger partial charge < -0.3 is 0 Å². The molecule has 3 heteroatoms. The van der Waals surface area contributed by atoms with Gasteiger partial charge in [0.2, 0.25) is 0 Å². The van der Waals surface area contributed by atoms with Gasteiger partial charge in [-0.2, -0.15) is 0 Å². The number of nitrogens with zero attached hydrogens (tertiary/aromatic N) is 2. The molecule has 486 valence electrons. The number of allylic oxidation sites excluding steroid dienone is 3. The van der Waals surface area contributed by atoms with Crippen LogP contribution in [0.2, 0.25) is 0 Å². The summed E-state index contributed by atoms with van der Waals surface area (Å²) in [6.45, 7) is 9.22. The van der Waals surface area contributed by atoms with E-state index >= 15 is 0 Å². The maximum absolute atomic E-state index is 5.54. The van der Waals surface area contributed by atoms with Crippen molar-refractivity contribution in [3.63, 3.8) is 0 Å². The van der Waals surface area contributed by atoms with Crippen LogP contribution < -0.4 is 0 Å². The quantitative estimate of drug-likeness (QED) is 0.0358. The molecule has 2 nitrogen and oxygen atoms in total. The second kappa shape index (κ2) is 65.2. The van der Waals surface area contributed by atoms with Gasteiger partial charge in [0.05, 0.1) is 22.8 Å². The number of aliphatic imine (C=N–C) groups is 2. The Bertz CT molecular complexity index is 1770. The van der Waals surface area contributed by atoms with Crippen LogP contribution >= 0.6 is 0 Å². The molecule has 0 heterocycles. The van der Waals surface area contributed by atoms with E-state index in [4.69, 9.17) is 9.98 Å². The molecular formula is C81H142N2Ni. The van der Waals surface area contributed by atoms with Crippen molar-refractivity contribution in [1.29, 1.82) is 0 Å². The van der Waals surface area contributed by atoms with Gasteiger partial charge in [-0.15, -0.1) is 0 Å². The molecule has 0 unspecified atom stereocenters. The number of hydrogen-bond acceptors (Lipinski definition) is 2. The minimum Gasteiger partial charge on any atom is -0.251 e. The summed E-state index contributed by atoms with van der Waals surface area (Å²) in [6, 6.07) is 18.1. The summed E-state index contributed by atoms with van der Waals surface area (Å²) in [5.41, 5.74) is 7.03. The molecular weight excluding hydrogens is 1060 g/mol. The standard InChI is InChI=1S/C81H142N2.Ni/c1-5-9-13-17-20-23-26-29-32-34-36-37-38-39-41-44-47-50-53-56-59-63-73-81(83-79-71-65-69-77(75-79)67-61-57-54-51-48-45-42-31-28-25-22-19-15-11-7-3)80(82-78-70-64-68-76(74-78)66-60-16-12-8-4)72-62-58-55-52-49-46-43-40-35-33-30-27-24-21-18-14-10-6-2;/h60,63-66,68-71,73-75H,5-59,61-62,67,72H2,1-4H3;/b66-60+,73-63+,82-80+,83-81+;. The second-order valence-electron chi connectivity index (χ2n) is 26.2. The minimum absolute atomic E-state index is 0. The van der Waals surface area contributed by atoms with Gasteiger partial charge >= 0.3 is 0 Å². The molecule has 0 fully saturated rings. The third-order valence-electron chi connectivity index (χ3n) is 18.0. The third kappa shape index (κ3) is 52.8. The summed E-state index contributed by atoms with van der Waals surface area (Å²) in [4.78, 5) is 11.1. The van der Waals surface area contributed by atoms with Crippen LogP contribution in [0.4, 0.5) is 11.4 Å². The molecule has 2 rings (SSSR count). The van der Waals surface area contributed by atoms with Crippen LogP contribution in [0.5, 0.6) is 0 Å². The topological polar surface area (TPSA) is 24.7 Å². The molecule has 0 saturated heterocycles. The summed E-state index contributed by atoms with van der Waals surface area (Å²) in [5, 5.41) is 0. The van der Waals surface area contributed by atoms with Gasteiger partial charge in [0.1, 0.15) is 0 Å². The molecule has 0 spiro atoms. The van der Waals surface area contributed by atoms with Crippen molar-refractivity contribution in [2.45, 2.75) is 407 Å².